The lowest BCUT2D eigenvalue weighted by atomic mass is 10.2. The molecular weight excluding hydrogens is 244 g/mol. The highest BCUT2D eigenvalue weighted by Crippen LogP contribution is 2.12. The number of carbonyl (C=O) groups excluding carboxylic acids is 1. The Bertz CT molecular complexity index is 518. The van der Waals surface area contributed by atoms with Crippen LogP contribution in [0.4, 0.5) is 0 Å². The Balaban J connectivity index is 1.74. The molecule has 0 unspecified atom stereocenters. The number of carbonyl (C=O) groups is 1. The van der Waals surface area contributed by atoms with Gasteiger partial charge in [-0.1, -0.05) is 0 Å². The van der Waals surface area contributed by atoms with E-state index in [4.69, 9.17) is 0 Å². The van der Waals surface area contributed by atoms with Crippen LogP contribution in [0.15, 0.2) is 25.0 Å². The second-order valence-electron chi connectivity index (χ2n) is 4.44. The summed E-state index contributed by atoms with van der Waals surface area (Å²) in [6.07, 6.45) is 7.18. The Morgan fingerprint density at radius 3 is 3.00 bits per heavy atom. The van der Waals surface area contributed by atoms with Crippen LogP contribution in [0.1, 0.15) is 25.2 Å². The molecule has 0 aromatic carbocycles. The van der Waals surface area contributed by atoms with Gasteiger partial charge in [-0.25, -0.2) is 9.97 Å². The molecule has 1 amide bonds. The van der Waals surface area contributed by atoms with Crippen molar-refractivity contribution in [3.05, 3.63) is 30.9 Å². The summed E-state index contributed by atoms with van der Waals surface area (Å²) in [6, 6.07) is 0.105. The van der Waals surface area contributed by atoms with Gasteiger partial charge in [-0.2, -0.15) is 5.10 Å². The van der Waals surface area contributed by atoms with E-state index in [9.17, 15) is 4.79 Å². The van der Waals surface area contributed by atoms with E-state index in [0.717, 1.165) is 5.82 Å². The Labute approximate surface area is 111 Å². The molecule has 0 spiro atoms. The molecule has 7 nitrogen and oxygen atoms in total. The Hall–Kier alpha value is -2.18. The molecule has 7 heteroatoms. The summed E-state index contributed by atoms with van der Waals surface area (Å²) in [5.41, 5.74) is 0. The van der Waals surface area contributed by atoms with Crippen LogP contribution in [-0.4, -0.2) is 36.8 Å². The summed E-state index contributed by atoms with van der Waals surface area (Å²) >= 11 is 0. The molecule has 2 aromatic heterocycles. The van der Waals surface area contributed by atoms with Crippen LogP contribution in [0.3, 0.4) is 0 Å². The second kappa shape index (κ2) is 6.12. The number of aromatic nitrogens is 5. The average molecular weight is 262 g/mol. The minimum absolute atomic E-state index is 0.0284. The first-order chi connectivity index (χ1) is 9.16. The highest BCUT2D eigenvalue weighted by atomic mass is 16.1. The maximum absolute atomic E-state index is 11.8. The van der Waals surface area contributed by atoms with Crippen molar-refractivity contribution in [1.82, 2.24) is 29.6 Å². The van der Waals surface area contributed by atoms with Crippen LogP contribution in [-0.2, 0) is 11.3 Å². The second-order valence-corrected chi connectivity index (χ2v) is 4.44. The number of imidazole rings is 1. The molecule has 0 radical (unpaired) electrons. The molecule has 19 heavy (non-hydrogen) atoms. The van der Waals surface area contributed by atoms with Crippen molar-refractivity contribution in [1.29, 1.82) is 0 Å². The zero-order valence-electron chi connectivity index (χ0n) is 11.2. The SMILES string of the molecule is Cc1nccn1[C@H](C)CC(=O)NCCn1cncn1. The zero-order chi connectivity index (χ0) is 13.7. The summed E-state index contributed by atoms with van der Waals surface area (Å²) in [5.74, 6) is 0.948. The highest BCUT2D eigenvalue weighted by Gasteiger charge is 2.11. The predicted molar refractivity (Wildman–Crippen MR) is 69.3 cm³/mol. The first kappa shape index (κ1) is 13.3. The molecule has 0 aliphatic heterocycles. The van der Waals surface area contributed by atoms with Gasteiger partial charge >= 0.3 is 0 Å². The number of hydrogen-bond donors (Lipinski definition) is 1. The number of nitrogens with zero attached hydrogens (tertiary/aromatic N) is 5. The van der Waals surface area contributed by atoms with Gasteiger partial charge in [0.25, 0.3) is 0 Å². The molecule has 2 rings (SSSR count). The lowest BCUT2D eigenvalue weighted by Gasteiger charge is -2.14. The highest BCUT2D eigenvalue weighted by molar-refractivity contribution is 5.76. The fraction of sp³-hybridized carbons (Fsp3) is 0.500. The van der Waals surface area contributed by atoms with Crippen LogP contribution >= 0.6 is 0 Å². The molecule has 0 aliphatic rings. The normalized spacial score (nSPS) is 12.3. The van der Waals surface area contributed by atoms with Gasteiger partial charge in [-0.05, 0) is 13.8 Å². The van der Waals surface area contributed by atoms with Gasteiger partial charge in [0.05, 0.1) is 6.54 Å². The van der Waals surface area contributed by atoms with Crippen LogP contribution in [0.2, 0.25) is 0 Å². The monoisotopic (exact) mass is 262 g/mol. The molecule has 0 saturated carbocycles. The van der Waals surface area contributed by atoms with E-state index in [1.165, 1.54) is 6.33 Å². The van der Waals surface area contributed by atoms with Gasteiger partial charge in [0, 0.05) is 31.4 Å². The maximum atomic E-state index is 11.8. The van der Waals surface area contributed by atoms with Crippen LogP contribution in [0.5, 0.6) is 0 Å². The number of amides is 1. The Morgan fingerprint density at radius 2 is 2.37 bits per heavy atom. The predicted octanol–water partition coefficient (Wildman–Crippen LogP) is 0.551. The quantitative estimate of drug-likeness (QED) is 0.824. The van der Waals surface area contributed by atoms with Crippen molar-refractivity contribution in [2.24, 2.45) is 0 Å². The Morgan fingerprint density at radius 1 is 1.53 bits per heavy atom. The largest absolute Gasteiger partial charge is 0.354 e. The van der Waals surface area contributed by atoms with Gasteiger partial charge in [0.15, 0.2) is 0 Å². The van der Waals surface area contributed by atoms with Crippen LogP contribution < -0.4 is 5.32 Å². The summed E-state index contributed by atoms with van der Waals surface area (Å²) < 4.78 is 3.68. The third-order valence-corrected chi connectivity index (χ3v) is 2.95. The third-order valence-electron chi connectivity index (χ3n) is 2.95. The van der Waals surface area contributed by atoms with Gasteiger partial charge in [-0.3, -0.25) is 9.48 Å². The van der Waals surface area contributed by atoms with E-state index in [1.54, 1.807) is 17.2 Å². The van der Waals surface area contributed by atoms with Crippen molar-refractivity contribution < 1.29 is 4.79 Å². The summed E-state index contributed by atoms with van der Waals surface area (Å²) in [4.78, 5) is 19.8. The van der Waals surface area contributed by atoms with E-state index in [1.807, 2.05) is 24.6 Å². The van der Waals surface area contributed by atoms with E-state index in [2.05, 4.69) is 20.4 Å². The summed E-state index contributed by atoms with van der Waals surface area (Å²) in [5, 5.41) is 6.84. The maximum Gasteiger partial charge on any atom is 0.222 e. The third kappa shape index (κ3) is 3.64. The van der Waals surface area contributed by atoms with Crippen molar-refractivity contribution in [3.63, 3.8) is 0 Å². The number of aryl methyl sites for hydroxylation is 1. The van der Waals surface area contributed by atoms with Gasteiger partial charge < -0.3 is 9.88 Å². The van der Waals surface area contributed by atoms with Gasteiger partial charge in [0.1, 0.15) is 18.5 Å². The summed E-state index contributed by atoms with van der Waals surface area (Å²) in [6.45, 7) is 5.12. The first-order valence-corrected chi connectivity index (χ1v) is 6.25. The smallest absolute Gasteiger partial charge is 0.222 e. The summed E-state index contributed by atoms with van der Waals surface area (Å²) in [7, 11) is 0. The first-order valence-electron chi connectivity index (χ1n) is 6.25. The molecule has 2 heterocycles. The molecule has 2 aromatic rings. The average Bonchev–Trinajstić information content (AvgIpc) is 3.00. The van der Waals surface area contributed by atoms with Crippen LogP contribution in [0, 0.1) is 6.92 Å². The molecule has 0 bridgehead atoms. The topological polar surface area (TPSA) is 77.6 Å². The molecule has 102 valence electrons. The van der Waals surface area contributed by atoms with Crippen molar-refractivity contribution in [2.45, 2.75) is 32.9 Å². The number of nitrogens with one attached hydrogen (secondary N) is 1. The molecule has 0 aliphatic carbocycles. The number of rotatable bonds is 6. The lowest BCUT2D eigenvalue weighted by Crippen LogP contribution is -2.29. The molecule has 0 saturated heterocycles. The zero-order valence-corrected chi connectivity index (χ0v) is 11.2. The van der Waals surface area contributed by atoms with Gasteiger partial charge in [-0.15, -0.1) is 0 Å². The van der Waals surface area contributed by atoms with E-state index < -0.39 is 0 Å². The van der Waals surface area contributed by atoms with Crippen molar-refractivity contribution in [2.75, 3.05) is 6.54 Å². The minimum Gasteiger partial charge on any atom is -0.354 e. The van der Waals surface area contributed by atoms with Crippen LogP contribution in [0.25, 0.3) is 0 Å². The van der Waals surface area contributed by atoms with Crippen molar-refractivity contribution >= 4 is 5.91 Å². The van der Waals surface area contributed by atoms with E-state index in [-0.39, 0.29) is 11.9 Å². The number of hydrogen-bond acceptors (Lipinski definition) is 4. The molecular formula is C12H18N6O. The standard InChI is InChI=1S/C12H18N6O/c1-10(18-6-4-14-11(18)2)7-12(19)15-3-5-17-9-13-8-16-17/h4,6,8-10H,3,5,7H2,1-2H3,(H,15,19)/t10-/m1/s1. The molecule has 1 N–H and O–H groups in total. The lowest BCUT2D eigenvalue weighted by molar-refractivity contribution is -0.121. The molecule has 1 atom stereocenters. The van der Waals surface area contributed by atoms with Gasteiger partial charge in [0.2, 0.25) is 5.91 Å². The van der Waals surface area contributed by atoms with E-state index in [0.29, 0.717) is 19.5 Å². The van der Waals surface area contributed by atoms with Crippen molar-refractivity contribution in [3.8, 4) is 0 Å². The molecule has 0 fully saturated rings. The fourth-order valence-electron chi connectivity index (χ4n) is 1.95. The minimum atomic E-state index is 0.0284. The fourth-order valence-corrected chi connectivity index (χ4v) is 1.95. The van der Waals surface area contributed by atoms with E-state index >= 15 is 0 Å². The Kier molecular flexibility index (Phi) is 4.27.